The van der Waals surface area contributed by atoms with Crippen LogP contribution >= 0.6 is 0 Å². The summed E-state index contributed by atoms with van der Waals surface area (Å²) >= 11 is 0. The standard InChI is InChI=1S/C12H26N2O2S/c1-2-9-17(15,16)10-8-14-7-5-3-4-6-12(14)11-13/h12H,2-11,13H2,1H3. The van der Waals surface area contributed by atoms with Crippen molar-refractivity contribution in [2.45, 2.75) is 45.1 Å². The Labute approximate surface area is 105 Å². The molecule has 0 amide bonds. The third-order valence-electron chi connectivity index (χ3n) is 3.48. The minimum Gasteiger partial charge on any atom is -0.329 e. The molecule has 1 rings (SSSR count). The number of nitrogens with two attached hydrogens (primary N) is 1. The molecule has 0 aromatic carbocycles. The Hall–Kier alpha value is -0.130. The second-order valence-electron chi connectivity index (χ2n) is 4.93. The minimum absolute atomic E-state index is 0.289. The van der Waals surface area contributed by atoms with Crippen LogP contribution in [0.25, 0.3) is 0 Å². The van der Waals surface area contributed by atoms with E-state index < -0.39 is 9.84 Å². The van der Waals surface area contributed by atoms with Gasteiger partial charge in [-0.1, -0.05) is 19.8 Å². The number of sulfone groups is 1. The lowest BCUT2D eigenvalue weighted by Gasteiger charge is -2.28. The summed E-state index contributed by atoms with van der Waals surface area (Å²) in [6.45, 7) is 4.22. The lowest BCUT2D eigenvalue weighted by atomic mass is 10.1. The first-order chi connectivity index (χ1) is 8.09. The molecular weight excluding hydrogens is 236 g/mol. The summed E-state index contributed by atoms with van der Waals surface area (Å²) in [5.74, 6) is 0.603. The van der Waals surface area contributed by atoms with Gasteiger partial charge >= 0.3 is 0 Å². The van der Waals surface area contributed by atoms with Gasteiger partial charge in [0.05, 0.1) is 5.75 Å². The van der Waals surface area contributed by atoms with E-state index in [9.17, 15) is 8.42 Å². The molecular formula is C12H26N2O2S. The van der Waals surface area contributed by atoms with E-state index in [0.29, 0.717) is 31.3 Å². The summed E-state index contributed by atoms with van der Waals surface area (Å²) in [5, 5.41) is 0. The lowest BCUT2D eigenvalue weighted by Crippen LogP contribution is -2.42. The molecule has 5 heteroatoms. The molecule has 1 atom stereocenters. The van der Waals surface area contributed by atoms with Crippen molar-refractivity contribution >= 4 is 9.84 Å². The minimum atomic E-state index is -2.86. The first-order valence-electron chi connectivity index (χ1n) is 6.73. The third-order valence-corrected chi connectivity index (χ3v) is 5.31. The topological polar surface area (TPSA) is 63.4 Å². The second kappa shape index (κ2) is 7.34. The molecule has 17 heavy (non-hydrogen) atoms. The SMILES string of the molecule is CCCS(=O)(=O)CCN1CCCCCC1CN. The maximum Gasteiger partial charge on any atom is 0.151 e. The van der Waals surface area contributed by atoms with Crippen molar-refractivity contribution in [1.82, 2.24) is 4.90 Å². The first kappa shape index (κ1) is 14.9. The van der Waals surface area contributed by atoms with Crippen LogP contribution in [0.3, 0.4) is 0 Å². The Balaban J connectivity index is 2.47. The largest absolute Gasteiger partial charge is 0.329 e. The average Bonchev–Trinajstić information content (AvgIpc) is 2.51. The number of hydrogen-bond acceptors (Lipinski definition) is 4. The average molecular weight is 262 g/mol. The Bertz CT molecular complexity index is 304. The fourth-order valence-corrected chi connectivity index (χ4v) is 3.81. The molecule has 1 aliphatic heterocycles. The molecule has 2 N–H and O–H groups in total. The van der Waals surface area contributed by atoms with E-state index in [4.69, 9.17) is 5.73 Å². The zero-order chi connectivity index (χ0) is 12.7. The van der Waals surface area contributed by atoms with E-state index in [1.807, 2.05) is 6.92 Å². The molecule has 1 heterocycles. The van der Waals surface area contributed by atoms with Crippen LogP contribution in [-0.2, 0) is 9.84 Å². The highest BCUT2D eigenvalue weighted by Gasteiger charge is 2.21. The monoisotopic (exact) mass is 262 g/mol. The zero-order valence-electron chi connectivity index (χ0n) is 10.9. The molecule has 1 unspecified atom stereocenters. The fraction of sp³-hybridized carbons (Fsp3) is 1.00. The van der Waals surface area contributed by atoms with Crippen molar-refractivity contribution in [3.8, 4) is 0 Å². The highest BCUT2D eigenvalue weighted by atomic mass is 32.2. The highest BCUT2D eigenvalue weighted by molar-refractivity contribution is 7.91. The Morgan fingerprint density at radius 3 is 2.65 bits per heavy atom. The predicted molar refractivity (Wildman–Crippen MR) is 71.8 cm³/mol. The Kier molecular flexibility index (Phi) is 6.44. The van der Waals surface area contributed by atoms with E-state index in [1.165, 1.54) is 19.3 Å². The molecule has 0 aromatic rings. The van der Waals surface area contributed by atoms with Gasteiger partial charge in [0.1, 0.15) is 0 Å². The van der Waals surface area contributed by atoms with Crippen LogP contribution in [0.2, 0.25) is 0 Å². The quantitative estimate of drug-likeness (QED) is 0.776. The van der Waals surface area contributed by atoms with E-state index in [-0.39, 0.29) is 5.75 Å². The number of nitrogens with zero attached hydrogens (tertiary/aromatic N) is 1. The normalized spacial score (nSPS) is 23.5. The first-order valence-corrected chi connectivity index (χ1v) is 8.55. The number of rotatable bonds is 6. The summed E-state index contributed by atoms with van der Waals surface area (Å²) in [5.41, 5.74) is 5.77. The van der Waals surface area contributed by atoms with E-state index >= 15 is 0 Å². The molecule has 1 saturated heterocycles. The smallest absolute Gasteiger partial charge is 0.151 e. The van der Waals surface area contributed by atoms with Gasteiger partial charge in [0.2, 0.25) is 0 Å². The van der Waals surface area contributed by atoms with E-state index in [2.05, 4.69) is 4.90 Å². The molecule has 4 nitrogen and oxygen atoms in total. The molecule has 0 saturated carbocycles. The number of hydrogen-bond donors (Lipinski definition) is 1. The van der Waals surface area contributed by atoms with Crippen LogP contribution < -0.4 is 5.73 Å². The summed E-state index contributed by atoms with van der Waals surface area (Å²) in [6, 6.07) is 0.384. The highest BCUT2D eigenvalue weighted by Crippen LogP contribution is 2.16. The van der Waals surface area contributed by atoms with Crippen molar-refractivity contribution < 1.29 is 8.42 Å². The van der Waals surface area contributed by atoms with Gasteiger partial charge in [0.15, 0.2) is 9.84 Å². The van der Waals surface area contributed by atoms with Crippen molar-refractivity contribution in [3.63, 3.8) is 0 Å². The summed E-state index contributed by atoms with van der Waals surface area (Å²) in [6.07, 6.45) is 5.46. The van der Waals surface area contributed by atoms with Gasteiger partial charge in [-0.3, -0.25) is 4.90 Å². The predicted octanol–water partition coefficient (Wildman–Crippen LogP) is 1.01. The van der Waals surface area contributed by atoms with Gasteiger partial charge in [0.25, 0.3) is 0 Å². The van der Waals surface area contributed by atoms with Gasteiger partial charge in [0, 0.05) is 24.9 Å². The van der Waals surface area contributed by atoms with Crippen LogP contribution in [0.5, 0.6) is 0 Å². The van der Waals surface area contributed by atoms with Gasteiger partial charge in [-0.25, -0.2) is 8.42 Å². The van der Waals surface area contributed by atoms with Gasteiger partial charge in [-0.15, -0.1) is 0 Å². The van der Waals surface area contributed by atoms with Crippen LogP contribution in [0.15, 0.2) is 0 Å². The Morgan fingerprint density at radius 2 is 2.00 bits per heavy atom. The van der Waals surface area contributed by atoms with Crippen molar-refractivity contribution in [2.75, 3.05) is 31.1 Å². The molecule has 0 aliphatic carbocycles. The second-order valence-corrected chi connectivity index (χ2v) is 7.23. The molecule has 1 fully saturated rings. The molecule has 0 spiro atoms. The summed E-state index contributed by atoms with van der Waals surface area (Å²) in [4.78, 5) is 2.28. The van der Waals surface area contributed by atoms with Crippen LogP contribution in [0.4, 0.5) is 0 Å². The molecule has 0 radical (unpaired) electrons. The summed E-state index contributed by atoms with van der Waals surface area (Å²) < 4.78 is 23.4. The Morgan fingerprint density at radius 1 is 1.24 bits per heavy atom. The van der Waals surface area contributed by atoms with Crippen LogP contribution in [-0.4, -0.2) is 50.5 Å². The zero-order valence-corrected chi connectivity index (χ0v) is 11.7. The molecule has 0 bridgehead atoms. The maximum atomic E-state index is 11.7. The molecule has 0 aromatic heterocycles. The van der Waals surface area contributed by atoms with Crippen molar-refractivity contribution in [2.24, 2.45) is 5.73 Å². The van der Waals surface area contributed by atoms with Gasteiger partial charge < -0.3 is 5.73 Å². The van der Waals surface area contributed by atoms with Gasteiger partial charge in [-0.2, -0.15) is 0 Å². The van der Waals surface area contributed by atoms with Crippen LogP contribution in [0.1, 0.15) is 39.0 Å². The fourth-order valence-electron chi connectivity index (χ4n) is 2.47. The third kappa shape index (κ3) is 5.36. The van der Waals surface area contributed by atoms with Crippen LogP contribution in [0, 0.1) is 0 Å². The number of likely N-dealkylation sites (tertiary alicyclic amines) is 1. The van der Waals surface area contributed by atoms with E-state index in [0.717, 1.165) is 13.0 Å². The van der Waals surface area contributed by atoms with E-state index in [1.54, 1.807) is 0 Å². The maximum absolute atomic E-state index is 11.7. The molecule has 1 aliphatic rings. The van der Waals surface area contributed by atoms with Crippen molar-refractivity contribution in [1.29, 1.82) is 0 Å². The van der Waals surface area contributed by atoms with Crippen molar-refractivity contribution in [3.05, 3.63) is 0 Å². The summed E-state index contributed by atoms with van der Waals surface area (Å²) in [7, 11) is -2.86. The molecule has 102 valence electrons. The van der Waals surface area contributed by atoms with Gasteiger partial charge in [-0.05, 0) is 25.8 Å². The lowest BCUT2D eigenvalue weighted by molar-refractivity contribution is 0.216.